The first-order chi connectivity index (χ1) is 16.0. The highest BCUT2D eigenvalue weighted by Gasteiger charge is 2.36. The van der Waals surface area contributed by atoms with Gasteiger partial charge < -0.3 is 9.47 Å². The van der Waals surface area contributed by atoms with Crippen molar-refractivity contribution < 1.29 is 23.9 Å². The number of nitrogens with one attached hydrogen (secondary N) is 1. The molecule has 0 aliphatic carbocycles. The number of hydrogen-bond donors (Lipinski definition) is 1. The van der Waals surface area contributed by atoms with E-state index in [1.165, 1.54) is 13.2 Å². The number of rotatable bonds is 6. The number of imide groups is 2. The van der Waals surface area contributed by atoms with Crippen LogP contribution in [0.15, 0.2) is 82.8 Å². The molecule has 1 saturated heterocycles. The number of methoxy groups -OCH3 is 1. The molecule has 0 saturated carbocycles. The largest absolute Gasteiger partial charge is 0.496 e. The zero-order valence-corrected chi connectivity index (χ0v) is 19.2. The van der Waals surface area contributed by atoms with Gasteiger partial charge in [0, 0.05) is 0 Å². The Hall–Kier alpha value is -3.91. The monoisotopic (exact) mass is 506 g/mol. The van der Waals surface area contributed by atoms with Crippen molar-refractivity contribution in [2.45, 2.75) is 6.61 Å². The fourth-order valence-corrected chi connectivity index (χ4v) is 3.82. The molecule has 1 fully saturated rings. The van der Waals surface area contributed by atoms with E-state index in [4.69, 9.17) is 9.47 Å². The van der Waals surface area contributed by atoms with Crippen molar-refractivity contribution in [3.63, 3.8) is 0 Å². The first-order valence-electron chi connectivity index (χ1n) is 9.98. The van der Waals surface area contributed by atoms with Crippen LogP contribution < -0.4 is 19.7 Å². The zero-order chi connectivity index (χ0) is 23.4. The zero-order valence-electron chi connectivity index (χ0n) is 17.6. The van der Waals surface area contributed by atoms with Crippen molar-refractivity contribution in [1.29, 1.82) is 0 Å². The van der Waals surface area contributed by atoms with Gasteiger partial charge in [-0.05, 0) is 69.5 Å². The summed E-state index contributed by atoms with van der Waals surface area (Å²) in [6.07, 6.45) is 1.43. The van der Waals surface area contributed by atoms with Gasteiger partial charge in [-0.25, -0.2) is 9.69 Å². The number of hydrogen-bond acceptors (Lipinski definition) is 5. The highest BCUT2D eigenvalue weighted by molar-refractivity contribution is 9.10. The Kier molecular flexibility index (Phi) is 6.55. The maximum atomic E-state index is 13.1. The topological polar surface area (TPSA) is 84.9 Å². The van der Waals surface area contributed by atoms with Crippen molar-refractivity contribution in [3.05, 3.63) is 94.0 Å². The van der Waals surface area contributed by atoms with E-state index in [0.717, 1.165) is 10.5 Å². The molecule has 7 nitrogen and oxygen atoms in total. The van der Waals surface area contributed by atoms with Crippen LogP contribution in [0, 0.1) is 0 Å². The molecular weight excluding hydrogens is 488 g/mol. The molecule has 0 atom stereocenters. The van der Waals surface area contributed by atoms with Gasteiger partial charge >= 0.3 is 6.03 Å². The van der Waals surface area contributed by atoms with Crippen LogP contribution in [0.25, 0.3) is 6.08 Å². The minimum atomic E-state index is -0.809. The highest BCUT2D eigenvalue weighted by Crippen LogP contribution is 2.28. The number of halogens is 1. The molecule has 0 bridgehead atoms. The molecule has 1 aliphatic rings. The smallest absolute Gasteiger partial charge is 0.335 e. The molecule has 4 amide bonds. The Bertz CT molecular complexity index is 1240. The molecule has 4 rings (SSSR count). The van der Waals surface area contributed by atoms with Gasteiger partial charge in [-0.1, -0.05) is 36.4 Å². The van der Waals surface area contributed by atoms with Gasteiger partial charge in [-0.3, -0.25) is 14.9 Å². The molecule has 1 heterocycles. The number of urea groups is 1. The van der Waals surface area contributed by atoms with E-state index in [1.54, 1.807) is 42.5 Å². The van der Waals surface area contributed by atoms with E-state index in [1.807, 2.05) is 30.3 Å². The Labute approximate surface area is 198 Å². The Morgan fingerprint density at radius 1 is 0.970 bits per heavy atom. The van der Waals surface area contributed by atoms with Gasteiger partial charge in [-0.2, -0.15) is 0 Å². The summed E-state index contributed by atoms with van der Waals surface area (Å²) in [7, 11) is 1.54. The van der Waals surface area contributed by atoms with Crippen molar-refractivity contribution in [2.75, 3.05) is 12.0 Å². The third-order valence-electron chi connectivity index (χ3n) is 4.93. The lowest BCUT2D eigenvalue weighted by molar-refractivity contribution is -0.122. The molecule has 0 spiro atoms. The van der Waals surface area contributed by atoms with Gasteiger partial charge in [0.25, 0.3) is 11.8 Å². The molecule has 3 aromatic carbocycles. The molecule has 1 aliphatic heterocycles. The molecule has 0 aromatic heterocycles. The third-order valence-corrected chi connectivity index (χ3v) is 5.55. The van der Waals surface area contributed by atoms with Gasteiger partial charge in [0.05, 0.1) is 17.3 Å². The summed E-state index contributed by atoms with van der Waals surface area (Å²) in [5.41, 5.74) is 1.78. The molecule has 8 heteroatoms. The Morgan fingerprint density at radius 2 is 1.70 bits per heavy atom. The SMILES string of the molecule is COc1ccc(/C=C2\C(=O)NC(=O)N(c3ccc(OCc4ccccc4)cc3)C2=O)cc1Br. The average molecular weight is 507 g/mol. The number of benzene rings is 3. The minimum Gasteiger partial charge on any atom is -0.496 e. The van der Waals surface area contributed by atoms with Crippen LogP contribution in [-0.2, 0) is 16.2 Å². The van der Waals surface area contributed by atoms with E-state index < -0.39 is 17.8 Å². The average Bonchev–Trinajstić information content (AvgIpc) is 2.82. The number of carbonyl (C=O) groups is 3. The van der Waals surface area contributed by atoms with Gasteiger partial charge in [0.2, 0.25) is 0 Å². The number of ether oxygens (including phenoxy) is 2. The molecule has 0 radical (unpaired) electrons. The van der Waals surface area contributed by atoms with E-state index in [2.05, 4.69) is 21.2 Å². The van der Waals surface area contributed by atoms with Crippen LogP contribution in [0.1, 0.15) is 11.1 Å². The lowest BCUT2D eigenvalue weighted by Crippen LogP contribution is -2.54. The fourth-order valence-electron chi connectivity index (χ4n) is 3.26. The Balaban J connectivity index is 1.54. The minimum absolute atomic E-state index is 0.156. The molecule has 33 heavy (non-hydrogen) atoms. The summed E-state index contributed by atoms with van der Waals surface area (Å²) in [4.78, 5) is 38.8. The summed E-state index contributed by atoms with van der Waals surface area (Å²) in [5, 5.41) is 2.22. The first kappa shape index (κ1) is 22.3. The van der Waals surface area contributed by atoms with Crippen molar-refractivity contribution in [3.8, 4) is 11.5 Å². The summed E-state index contributed by atoms with van der Waals surface area (Å²) < 4.78 is 11.6. The van der Waals surface area contributed by atoms with E-state index in [-0.39, 0.29) is 5.57 Å². The lowest BCUT2D eigenvalue weighted by Gasteiger charge is -2.26. The summed E-state index contributed by atoms with van der Waals surface area (Å²) in [5.74, 6) is -0.269. The predicted molar refractivity (Wildman–Crippen MR) is 127 cm³/mol. The lowest BCUT2D eigenvalue weighted by atomic mass is 10.1. The van der Waals surface area contributed by atoms with Gasteiger partial charge in [0.1, 0.15) is 23.7 Å². The van der Waals surface area contributed by atoms with Gasteiger partial charge in [-0.15, -0.1) is 0 Å². The summed E-state index contributed by atoms with van der Waals surface area (Å²) >= 11 is 3.38. The number of anilines is 1. The molecule has 1 N–H and O–H groups in total. The Morgan fingerprint density at radius 3 is 2.36 bits per heavy atom. The second kappa shape index (κ2) is 9.70. The number of carbonyl (C=O) groups excluding carboxylic acids is 3. The summed E-state index contributed by atoms with van der Waals surface area (Å²) in [6.45, 7) is 0.391. The van der Waals surface area contributed by atoms with Crippen LogP contribution in [0.4, 0.5) is 10.5 Å². The molecular formula is C25H19BrN2O5. The molecule has 3 aromatic rings. The first-order valence-corrected chi connectivity index (χ1v) is 10.8. The van der Waals surface area contributed by atoms with Crippen LogP contribution in [0.3, 0.4) is 0 Å². The quantitative estimate of drug-likeness (QED) is 0.386. The van der Waals surface area contributed by atoms with E-state index in [0.29, 0.717) is 33.8 Å². The normalized spacial score (nSPS) is 14.9. The van der Waals surface area contributed by atoms with E-state index in [9.17, 15) is 14.4 Å². The van der Waals surface area contributed by atoms with Crippen molar-refractivity contribution in [2.24, 2.45) is 0 Å². The van der Waals surface area contributed by atoms with Crippen molar-refractivity contribution in [1.82, 2.24) is 5.32 Å². The summed E-state index contributed by atoms with van der Waals surface area (Å²) in [6, 6.07) is 20.5. The van der Waals surface area contributed by atoms with Crippen LogP contribution >= 0.6 is 15.9 Å². The molecule has 0 unspecified atom stereocenters. The third kappa shape index (κ3) is 4.96. The van der Waals surface area contributed by atoms with Gasteiger partial charge in [0.15, 0.2) is 0 Å². The number of amides is 4. The second-order valence-electron chi connectivity index (χ2n) is 7.12. The predicted octanol–water partition coefficient (Wildman–Crippen LogP) is 4.70. The maximum Gasteiger partial charge on any atom is 0.335 e. The second-order valence-corrected chi connectivity index (χ2v) is 7.97. The van der Waals surface area contributed by atoms with Crippen molar-refractivity contribution >= 4 is 45.5 Å². The fraction of sp³-hybridized carbons (Fsp3) is 0.0800. The van der Waals surface area contributed by atoms with Crippen LogP contribution in [-0.4, -0.2) is 25.0 Å². The van der Waals surface area contributed by atoms with Crippen LogP contribution in [0.2, 0.25) is 0 Å². The van der Waals surface area contributed by atoms with Crippen LogP contribution in [0.5, 0.6) is 11.5 Å². The molecule has 166 valence electrons. The number of nitrogens with zero attached hydrogens (tertiary/aromatic N) is 1. The standard InChI is InChI=1S/C25H19BrN2O5/c1-32-22-12-7-17(14-21(22)26)13-20-23(29)27-25(31)28(24(20)30)18-8-10-19(11-9-18)33-15-16-5-3-2-4-6-16/h2-14H,15H2,1H3,(H,27,29,31)/b20-13+. The number of barbiturate groups is 1. The van der Waals surface area contributed by atoms with E-state index >= 15 is 0 Å². The maximum absolute atomic E-state index is 13.1. The highest BCUT2D eigenvalue weighted by atomic mass is 79.9.